The molecular weight excluding hydrogens is 294 g/mol. The Morgan fingerprint density at radius 2 is 2.17 bits per heavy atom. The van der Waals surface area contributed by atoms with Crippen LogP contribution in [0.4, 0.5) is 4.79 Å². The van der Waals surface area contributed by atoms with Crippen LogP contribution in [0.25, 0.3) is 0 Å². The summed E-state index contributed by atoms with van der Waals surface area (Å²) in [6.07, 6.45) is 7.65. The highest BCUT2D eigenvalue weighted by Crippen LogP contribution is 2.22. The maximum Gasteiger partial charge on any atom is 0.410 e. The van der Waals surface area contributed by atoms with Gasteiger partial charge in [-0.05, 0) is 47.0 Å². The quantitative estimate of drug-likeness (QED) is 0.851. The maximum atomic E-state index is 12.4. The molecule has 0 aliphatic carbocycles. The van der Waals surface area contributed by atoms with Gasteiger partial charge in [-0.15, -0.1) is 0 Å². The number of rotatable bonds is 4. The lowest BCUT2D eigenvalue weighted by Gasteiger charge is -2.37. The highest BCUT2D eigenvalue weighted by molar-refractivity contribution is 5.68. The van der Waals surface area contributed by atoms with Gasteiger partial charge in [0.25, 0.3) is 0 Å². The normalized spacial score (nSPS) is 20.2. The molecule has 0 N–H and O–H groups in total. The molecule has 1 aliphatic heterocycles. The van der Waals surface area contributed by atoms with Gasteiger partial charge in [0.2, 0.25) is 0 Å². The molecule has 1 aromatic rings. The third-order valence-electron chi connectivity index (χ3n) is 3.79. The third kappa shape index (κ3) is 5.46. The van der Waals surface area contributed by atoms with E-state index in [0.717, 1.165) is 31.5 Å². The Morgan fingerprint density at radius 1 is 1.39 bits per heavy atom. The highest BCUT2D eigenvalue weighted by atomic mass is 16.6. The molecule has 1 amide bonds. The fourth-order valence-corrected chi connectivity index (χ4v) is 2.60. The molecule has 0 spiro atoms. The van der Waals surface area contributed by atoms with Crippen molar-refractivity contribution in [1.29, 1.82) is 0 Å². The van der Waals surface area contributed by atoms with Crippen LogP contribution in [0.2, 0.25) is 0 Å². The molecule has 23 heavy (non-hydrogen) atoms. The zero-order valence-corrected chi connectivity index (χ0v) is 14.5. The molecule has 0 unspecified atom stereocenters. The Hall–Kier alpha value is -1.69. The molecule has 6 nitrogen and oxygen atoms in total. The van der Waals surface area contributed by atoms with Crippen LogP contribution in [0.5, 0.6) is 0 Å². The second-order valence-corrected chi connectivity index (χ2v) is 6.93. The molecule has 0 radical (unpaired) electrons. The number of carbonyl (C=O) groups is 1. The highest BCUT2D eigenvalue weighted by Gasteiger charge is 2.31. The fraction of sp³-hybridized carbons (Fsp3) is 0.706. The topological polar surface area (TPSA) is 64.5 Å². The molecule has 0 saturated carbocycles. The first-order chi connectivity index (χ1) is 10.9. The summed E-state index contributed by atoms with van der Waals surface area (Å²) in [4.78, 5) is 22.5. The zero-order valence-electron chi connectivity index (χ0n) is 14.5. The molecule has 1 fully saturated rings. The van der Waals surface area contributed by atoms with Crippen molar-refractivity contribution in [2.45, 2.75) is 64.7 Å². The Labute approximate surface area is 138 Å². The van der Waals surface area contributed by atoms with E-state index in [9.17, 15) is 4.79 Å². The maximum absolute atomic E-state index is 12.4. The first kappa shape index (κ1) is 17.7. The van der Waals surface area contributed by atoms with Crippen molar-refractivity contribution in [1.82, 2.24) is 14.9 Å². The Kier molecular flexibility index (Phi) is 5.93. The standard InChI is InChI=1S/C17H27N3O3/c1-13(15-11-18-8-9-19-15)22-12-14-7-5-6-10-20(14)16(21)23-17(2,3)4/h8-9,11,13-14H,5-7,10,12H2,1-4H3/t13-,14-/m1/s1. The largest absolute Gasteiger partial charge is 0.444 e. The number of hydrogen-bond donors (Lipinski definition) is 0. The number of ether oxygens (including phenoxy) is 2. The zero-order chi connectivity index (χ0) is 16.9. The van der Waals surface area contributed by atoms with Gasteiger partial charge in [-0.25, -0.2) is 4.79 Å². The molecule has 1 aromatic heterocycles. The predicted molar refractivity (Wildman–Crippen MR) is 87.0 cm³/mol. The van der Waals surface area contributed by atoms with Gasteiger partial charge in [-0.2, -0.15) is 0 Å². The van der Waals surface area contributed by atoms with Crippen LogP contribution in [0.15, 0.2) is 18.6 Å². The first-order valence-corrected chi connectivity index (χ1v) is 8.24. The number of carbonyl (C=O) groups excluding carboxylic acids is 1. The molecule has 128 valence electrons. The van der Waals surface area contributed by atoms with E-state index >= 15 is 0 Å². The van der Waals surface area contributed by atoms with Gasteiger partial charge in [-0.1, -0.05) is 0 Å². The van der Waals surface area contributed by atoms with E-state index in [1.807, 2.05) is 27.7 Å². The monoisotopic (exact) mass is 321 g/mol. The summed E-state index contributed by atoms with van der Waals surface area (Å²) < 4.78 is 11.4. The van der Waals surface area contributed by atoms with E-state index < -0.39 is 5.60 Å². The number of likely N-dealkylation sites (tertiary alicyclic amines) is 1. The van der Waals surface area contributed by atoms with Crippen molar-refractivity contribution in [3.05, 3.63) is 24.3 Å². The van der Waals surface area contributed by atoms with Crippen molar-refractivity contribution in [2.75, 3.05) is 13.2 Å². The molecule has 2 atom stereocenters. The van der Waals surface area contributed by atoms with Gasteiger partial charge in [0.05, 0.1) is 30.6 Å². The summed E-state index contributed by atoms with van der Waals surface area (Å²) in [5.41, 5.74) is 0.319. The fourth-order valence-electron chi connectivity index (χ4n) is 2.60. The molecule has 1 aliphatic rings. The molecule has 6 heteroatoms. The summed E-state index contributed by atoms with van der Waals surface area (Å²) in [6, 6.07) is 0.0534. The first-order valence-electron chi connectivity index (χ1n) is 8.24. The van der Waals surface area contributed by atoms with Crippen molar-refractivity contribution in [2.24, 2.45) is 0 Å². The van der Waals surface area contributed by atoms with Crippen molar-refractivity contribution >= 4 is 6.09 Å². The van der Waals surface area contributed by atoms with Gasteiger partial charge in [0.1, 0.15) is 5.60 Å². The lowest BCUT2D eigenvalue weighted by Crippen LogP contribution is -2.48. The molecule has 0 aromatic carbocycles. The van der Waals surface area contributed by atoms with Gasteiger partial charge < -0.3 is 14.4 Å². The predicted octanol–water partition coefficient (Wildman–Crippen LogP) is 3.34. The Balaban J connectivity index is 1.92. The van der Waals surface area contributed by atoms with Crippen LogP contribution < -0.4 is 0 Å². The smallest absolute Gasteiger partial charge is 0.410 e. The van der Waals surface area contributed by atoms with Crippen LogP contribution in [0.3, 0.4) is 0 Å². The summed E-state index contributed by atoms with van der Waals surface area (Å²) >= 11 is 0. The summed E-state index contributed by atoms with van der Waals surface area (Å²) in [5, 5.41) is 0. The van der Waals surface area contributed by atoms with Crippen molar-refractivity contribution in [3.8, 4) is 0 Å². The van der Waals surface area contributed by atoms with E-state index in [4.69, 9.17) is 9.47 Å². The summed E-state index contributed by atoms with van der Waals surface area (Å²) in [5.74, 6) is 0. The van der Waals surface area contributed by atoms with E-state index in [2.05, 4.69) is 9.97 Å². The average Bonchev–Trinajstić information content (AvgIpc) is 2.52. The van der Waals surface area contributed by atoms with E-state index in [-0.39, 0.29) is 18.2 Å². The van der Waals surface area contributed by atoms with Crippen LogP contribution in [0.1, 0.15) is 58.8 Å². The lowest BCUT2D eigenvalue weighted by molar-refractivity contribution is -0.0218. The van der Waals surface area contributed by atoms with Crippen LogP contribution in [0, 0.1) is 0 Å². The van der Waals surface area contributed by atoms with Gasteiger partial charge in [-0.3, -0.25) is 9.97 Å². The SMILES string of the molecule is C[C@@H](OC[C@H]1CCCCN1C(=O)OC(C)(C)C)c1cnccn1. The van der Waals surface area contributed by atoms with Crippen molar-refractivity contribution in [3.63, 3.8) is 0 Å². The summed E-state index contributed by atoms with van der Waals surface area (Å²) in [6.45, 7) is 8.81. The minimum Gasteiger partial charge on any atom is -0.444 e. The van der Waals surface area contributed by atoms with Crippen molar-refractivity contribution < 1.29 is 14.3 Å². The number of aromatic nitrogens is 2. The lowest BCUT2D eigenvalue weighted by atomic mass is 10.0. The van der Waals surface area contributed by atoms with E-state index in [0.29, 0.717) is 6.61 Å². The van der Waals surface area contributed by atoms with E-state index in [1.165, 1.54) is 0 Å². The van der Waals surface area contributed by atoms with Gasteiger partial charge in [0, 0.05) is 18.9 Å². The number of nitrogens with zero attached hydrogens (tertiary/aromatic N) is 3. The number of amides is 1. The molecule has 2 heterocycles. The second-order valence-electron chi connectivity index (χ2n) is 6.93. The molecular formula is C17H27N3O3. The Bertz CT molecular complexity index is 502. The summed E-state index contributed by atoms with van der Waals surface area (Å²) in [7, 11) is 0. The molecule has 2 rings (SSSR count). The third-order valence-corrected chi connectivity index (χ3v) is 3.79. The van der Waals surface area contributed by atoms with Gasteiger partial charge >= 0.3 is 6.09 Å². The van der Waals surface area contributed by atoms with Crippen LogP contribution in [-0.4, -0.2) is 45.8 Å². The van der Waals surface area contributed by atoms with Crippen LogP contribution >= 0.6 is 0 Å². The molecule has 0 bridgehead atoms. The number of piperidine rings is 1. The molecule has 1 saturated heterocycles. The van der Waals surface area contributed by atoms with Gasteiger partial charge in [0.15, 0.2) is 0 Å². The average molecular weight is 321 g/mol. The van der Waals surface area contributed by atoms with Crippen LogP contribution in [-0.2, 0) is 9.47 Å². The minimum absolute atomic E-state index is 0.0534. The second kappa shape index (κ2) is 7.73. The number of hydrogen-bond acceptors (Lipinski definition) is 5. The van der Waals surface area contributed by atoms with E-state index in [1.54, 1.807) is 23.5 Å². The minimum atomic E-state index is -0.479. The Morgan fingerprint density at radius 3 is 2.83 bits per heavy atom.